The molecule has 5 rings (SSSR count). The van der Waals surface area contributed by atoms with Crippen LogP contribution in [-0.4, -0.2) is 35.7 Å². The minimum atomic E-state index is 0.759. The van der Waals surface area contributed by atoms with Gasteiger partial charge in [0, 0.05) is 39.8 Å². The molecule has 0 fully saturated rings. The van der Waals surface area contributed by atoms with E-state index in [0.29, 0.717) is 0 Å². The molecule has 2 aromatic carbocycles. The maximum absolute atomic E-state index is 5.54. The van der Waals surface area contributed by atoms with Gasteiger partial charge in [-0.3, -0.25) is 4.40 Å². The molecule has 0 unspecified atom stereocenters. The summed E-state index contributed by atoms with van der Waals surface area (Å²) in [6.45, 7) is 0. The number of hydrogen-bond donors (Lipinski definition) is 1. The number of benzene rings is 2. The smallest absolute Gasteiger partial charge is 0.194 e. The van der Waals surface area contributed by atoms with Crippen molar-refractivity contribution in [1.29, 1.82) is 0 Å². The zero-order valence-electron chi connectivity index (χ0n) is 16.2. The molecule has 0 amide bonds. The molecule has 0 aliphatic heterocycles. The third-order valence-corrected chi connectivity index (χ3v) is 5.90. The van der Waals surface area contributed by atoms with Crippen LogP contribution in [0, 0.1) is 0 Å². The van der Waals surface area contributed by atoms with E-state index in [-0.39, 0.29) is 0 Å². The van der Waals surface area contributed by atoms with Gasteiger partial charge in [0.2, 0.25) is 0 Å². The van der Waals surface area contributed by atoms with Crippen LogP contribution in [0.1, 0.15) is 0 Å². The lowest BCUT2D eigenvalue weighted by Crippen LogP contribution is -1.90. The van der Waals surface area contributed by atoms with E-state index in [1.165, 1.54) is 0 Å². The number of hydrogen-bond acceptors (Lipinski definition) is 5. The van der Waals surface area contributed by atoms with Crippen molar-refractivity contribution in [1.82, 2.24) is 14.4 Å². The van der Waals surface area contributed by atoms with Gasteiger partial charge in [-0.25, -0.2) is 4.98 Å². The van der Waals surface area contributed by atoms with Crippen molar-refractivity contribution in [2.75, 3.05) is 21.3 Å². The molecule has 0 aliphatic rings. The number of ether oxygens (including phenoxy) is 3. The van der Waals surface area contributed by atoms with E-state index in [1.807, 2.05) is 48.8 Å². The Bertz CT molecular complexity index is 1330. The first-order chi connectivity index (χ1) is 14.2. The Labute approximate surface area is 171 Å². The monoisotopic (exact) mass is 405 g/mol. The van der Waals surface area contributed by atoms with Gasteiger partial charge in [-0.1, -0.05) is 0 Å². The maximum Gasteiger partial charge on any atom is 0.194 e. The van der Waals surface area contributed by atoms with E-state index < -0.39 is 0 Å². The van der Waals surface area contributed by atoms with Crippen LogP contribution in [0.3, 0.4) is 0 Å². The minimum Gasteiger partial charge on any atom is -0.497 e. The molecule has 146 valence electrons. The molecular weight excluding hydrogens is 386 g/mol. The van der Waals surface area contributed by atoms with Gasteiger partial charge in [-0.05, 0) is 36.4 Å². The van der Waals surface area contributed by atoms with E-state index in [1.54, 1.807) is 32.7 Å². The Kier molecular flexibility index (Phi) is 4.17. The average molecular weight is 405 g/mol. The molecule has 3 aromatic heterocycles. The predicted octanol–water partition coefficient (Wildman–Crippen LogP) is 5.24. The molecule has 6 nitrogen and oxygen atoms in total. The summed E-state index contributed by atoms with van der Waals surface area (Å²) < 4.78 is 18.4. The van der Waals surface area contributed by atoms with Crippen LogP contribution in [0.2, 0.25) is 0 Å². The number of rotatable bonds is 5. The number of fused-ring (bicyclic) bond motifs is 2. The number of aromatic amines is 1. The molecule has 0 saturated carbocycles. The molecule has 0 atom stereocenters. The summed E-state index contributed by atoms with van der Waals surface area (Å²) in [5, 5.41) is 3.23. The topological polar surface area (TPSA) is 60.8 Å². The zero-order chi connectivity index (χ0) is 20.0. The first kappa shape index (κ1) is 17.6. The fourth-order valence-electron chi connectivity index (χ4n) is 3.56. The Morgan fingerprint density at radius 2 is 1.72 bits per heavy atom. The molecule has 0 saturated heterocycles. The Morgan fingerprint density at radius 3 is 2.52 bits per heavy atom. The number of H-pyrrole nitrogens is 1. The van der Waals surface area contributed by atoms with Crippen molar-refractivity contribution in [3.8, 4) is 39.8 Å². The normalized spacial score (nSPS) is 11.3. The Balaban J connectivity index is 1.67. The predicted molar refractivity (Wildman–Crippen MR) is 115 cm³/mol. The molecule has 29 heavy (non-hydrogen) atoms. The van der Waals surface area contributed by atoms with Gasteiger partial charge in [0.05, 0.1) is 32.7 Å². The summed E-state index contributed by atoms with van der Waals surface area (Å²) in [6, 6.07) is 11.8. The number of aromatic nitrogens is 3. The average Bonchev–Trinajstić information content (AvgIpc) is 3.46. The largest absolute Gasteiger partial charge is 0.497 e. The number of thiazole rings is 1. The number of nitrogens with zero attached hydrogens (tertiary/aromatic N) is 2. The molecule has 7 heteroatoms. The Hall–Kier alpha value is -3.45. The molecule has 0 aliphatic carbocycles. The Morgan fingerprint density at radius 1 is 0.931 bits per heavy atom. The van der Waals surface area contributed by atoms with Gasteiger partial charge in [0.15, 0.2) is 4.96 Å². The van der Waals surface area contributed by atoms with Crippen LogP contribution >= 0.6 is 11.3 Å². The second-order valence-corrected chi connectivity index (χ2v) is 7.42. The van der Waals surface area contributed by atoms with Gasteiger partial charge >= 0.3 is 0 Å². The molecule has 0 radical (unpaired) electrons. The van der Waals surface area contributed by atoms with Gasteiger partial charge < -0.3 is 19.2 Å². The first-order valence-corrected chi connectivity index (χ1v) is 9.94. The summed E-state index contributed by atoms with van der Waals surface area (Å²) in [5.41, 5.74) is 4.98. The standard InChI is InChI=1S/C22H19N3O3S/c1-26-13-4-6-18-15(8-13)17(10-23-18)20-12-29-22-24-19(11-25(20)22)16-9-14(27-2)5-7-21(16)28-3/h4-12,23H,1-3H3. The highest BCUT2D eigenvalue weighted by atomic mass is 32.1. The van der Waals surface area contributed by atoms with Crippen LogP contribution in [0.25, 0.3) is 38.4 Å². The lowest BCUT2D eigenvalue weighted by atomic mass is 10.1. The molecule has 0 bridgehead atoms. The van der Waals surface area contributed by atoms with E-state index >= 15 is 0 Å². The highest BCUT2D eigenvalue weighted by Crippen LogP contribution is 2.37. The van der Waals surface area contributed by atoms with Gasteiger partial charge in [-0.15, -0.1) is 11.3 Å². The maximum atomic E-state index is 5.54. The third kappa shape index (κ3) is 2.82. The summed E-state index contributed by atoms with van der Waals surface area (Å²) in [6.07, 6.45) is 4.06. The summed E-state index contributed by atoms with van der Waals surface area (Å²) >= 11 is 1.60. The van der Waals surface area contributed by atoms with Crippen molar-refractivity contribution in [2.45, 2.75) is 0 Å². The summed E-state index contributed by atoms with van der Waals surface area (Å²) in [4.78, 5) is 9.08. The van der Waals surface area contributed by atoms with E-state index in [9.17, 15) is 0 Å². The van der Waals surface area contributed by atoms with Crippen LogP contribution in [-0.2, 0) is 0 Å². The highest BCUT2D eigenvalue weighted by molar-refractivity contribution is 7.15. The quantitative estimate of drug-likeness (QED) is 0.435. The molecule has 0 spiro atoms. The summed E-state index contributed by atoms with van der Waals surface area (Å²) in [5.74, 6) is 2.35. The van der Waals surface area contributed by atoms with Crippen molar-refractivity contribution in [3.63, 3.8) is 0 Å². The highest BCUT2D eigenvalue weighted by Gasteiger charge is 2.17. The van der Waals surface area contributed by atoms with Gasteiger partial charge in [-0.2, -0.15) is 0 Å². The van der Waals surface area contributed by atoms with Crippen LogP contribution in [0.15, 0.2) is 54.2 Å². The fraction of sp³-hybridized carbons (Fsp3) is 0.136. The zero-order valence-corrected chi connectivity index (χ0v) is 17.0. The van der Waals surface area contributed by atoms with E-state index in [4.69, 9.17) is 19.2 Å². The van der Waals surface area contributed by atoms with Crippen molar-refractivity contribution < 1.29 is 14.2 Å². The van der Waals surface area contributed by atoms with Crippen molar-refractivity contribution in [2.24, 2.45) is 0 Å². The molecule has 5 aromatic rings. The molecule has 3 heterocycles. The second-order valence-electron chi connectivity index (χ2n) is 6.58. The first-order valence-electron chi connectivity index (χ1n) is 9.06. The van der Waals surface area contributed by atoms with Crippen molar-refractivity contribution in [3.05, 3.63) is 54.2 Å². The van der Waals surface area contributed by atoms with Crippen LogP contribution in [0.4, 0.5) is 0 Å². The van der Waals surface area contributed by atoms with E-state index in [0.717, 1.165) is 55.6 Å². The lowest BCUT2D eigenvalue weighted by molar-refractivity contribution is 0.404. The van der Waals surface area contributed by atoms with Crippen LogP contribution < -0.4 is 14.2 Å². The number of methoxy groups -OCH3 is 3. The van der Waals surface area contributed by atoms with Crippen molar-refractivity contribution >= 4 is 27.2 Å². The molecule has 1 N–H and O–H groups in total. The van der Waals surface area contributed by atoms with Gasteiger partial charge in [0.1, 0.15) is 17.2 Å². The number of nitrogens with one attached hydrogen (secondary N) is 1. The van der Waals surface area contributed by atoms with Crippen LogP contribution in [0.5, 0.6) is 17.2 Å². The lowest BCUT2D eigenvalue weighted by Gasteiger charge is -2.08. The third-order valence-electron chi connectivity index (χ3n) is 5.06. The molecular formula is C22H19N3O3S. The SMILES string of the molecule is COc1ccc(OC)c(-c2cn3c(-c4c[nH]c5ccc(OC)cc45)csc3n2)c1. The fourth-order valence-corrected chi connectivity index (χ4v) is 4.43. The second kappa shape index (κ2) is 6.86. The summed E-state index contributed by atoms with van der Waals surface area (Å²) in [7, 11) is 5.00. The van der Waals surface area contributed by atoms with Gasteiger partial charge in [0.25, 0.3) is 0 Å². The number of imidazole rings is 1. The van der Waals surface area contributed by atoms with E-state index in [2.05, 4.69) is 14.8 Å². The minimum absolute atomic E-state index is 0.759.